The van der Waals surface area contributed by atoms with Crippen LogP contribution in [0.5, 0.6) is 0 Å². The minimum atomic E-state index is -0.780. The normalized spacial score (nSPS) is 12.1. The van der Waals surface area contributed by atoms with E-state index in [1.54, 1.807) is 0 Å². The number of esters is 3. The molecule has 0 aromatic heterocycles. The topological polar surface area (TPSA) is 78.9 Å². The Morgan fingerprint density at radius 2 is 0.480 bits per heavy atom. The zero-order chi connectivity index (χ0) is 54.3. The lowest BCUT2D eigenvalue weighted by atomic mass is 10.1. The summed E-state index contributed by atoms with van der Waals surface area (Å²) in [5.41, 5.74) is 0. The van der Waals surface area contributed by atoms with Crippen LogP contribution in [0.25, 0.3) is 0 Å². The first-order valence-corrected chi connectivity index (χ1v) is 32.8. The smallest absolute Gasteiger partial charge is 0.306 e. The molecule has 0 N–H and O–H groups in total. The molecule has 0 saturated heterocycles. The van der Waals surface area contributed by atoms with E-state index in [1.807, 2.05) is 0 Å². The molecule has 0 rings (SSSR count). The quantitative estimate of drug-likeness (QED) is 0.0261. The van der Waals surface area contributed by atoms with Crippen LogP contribution in [-0.4, -0.2) is 37.2 Å². The predicted molar refractivity (Wildman–Crippen MR) is 325 cm³/mol. The lowest BCUT2D eigenvalue weighted by Crippen LogP contribution is -2.30. The summed E-state index contributed by atoms with van der Waals surface area (Å²) in [6.07, 6.45) is 80.7. The van der Waals surface area contributed by atoms with Crippen LogP contribution in [0, 0.1) is 0 Å². The lowest BCUT2D eigenvalue weighted by Gasteiger charge is -2.18. The van der Waals surface area contributed by atoms with Crippen LogP contribution in [0.4, 0.5) is 0 Å². The van der Waals surface area contributed by atoms with Gasteiger partial charge in [0, 0.05) is 19.3 Å². The maximum absolute atomic E-state index is 12.9. The highest BCUT2D eigenvalue weighted by Gasteiger charge is 2.19. The van der Waals surface area contributed by atoms with Gasteiger partial charge in [-0.3, -0.25) is 14.4 Å². The number of hydrogen-bond acceptors (Lipinski definition) is 6. The van der Waals surface area contributed by atoms with E-state index in [9.17, 15) is 14.4 Å². The standard InChI is InChI=1S/C69H124O6/c1-4-7-10-13-16-19-22-25-28-31-34-37-40-43-46-49-52-55-58-61-67(70)73-64-66(75-69(72)63-60-57-54-51-48-45-42-39-36-33-30-27-24-21-18-15-12-9-6-3)65-74-68(71)62-59-56-53-50-47-44-41-38-35-32-29-26-23-20-17-14-11-8-5-2/h16-17,19-20,25-30,66H,4-15,18,21-24,31-65H2,1-3H3/b19-16-,20-17-,28-25-,29-26-,30-27-. The maximum Gasteiger partial charge on any atom is 0.306 e. The van der Waals surface area contributed by atoms with Crippen molar-refractivity contribution < 1.29 is 28.6 Å². The van der Waals surface area contributed by atoms with Gasteiger partial charge < -0.3 is 14.2 Å². The van der Waals surface area contributed by atoms with E-state index < -0.39 is 6.10 Å². The van der Waals surface area contributed by atoms with Crippen LogP contribution in [-0.2, 0) is 28.6 Å². The molecule has 75 heavy (non-hydrogen) atoms. The molecular formula is C69H124O6. The largest absolute Gasteiger partial charge is 0.462 e. The zero-order valence-electron chi connectivity index (χ0n) is 50.1. The fourth-order valence-corrected chi connectivity index (χ4v) is 9.50. The first-order chi connectivity index (χ1) is 37.0. The molecule has 0 aromatic rings. The molecule has 6 nitrogen and oxygen atoms in total. The van der Waals surface area contributed by atoms with Crippen LogP contribution in [0.3, 0.4) is 0 Å². The van der Waals surface area contributed by atoms with Gasteiger partial charge >= 0.3 is 17.9 Å². The second-order valence-electron chi connectivity index (χ2n) is 22.0. The van der Waals surface area contributed by atoms with Crippen LogP contribution < -0.4 is 0 Å². The van der Waals surface area contributed by atoms with E-state index in [2.05, 4.69) is 81.5 Å². The van der Waals surface area contributed by atoms with Crippen molar-refractivity contribution in [1.29, 1.82) is 0 Å². The summed E-state index contributed by atoms with van der Waals surface area (Å²) in [7, 11) is 0. The highest BCUT2D eigenvalue weighted by molar-refractivity contribution is 5.71. The molecule has 0 unspecified atom stereocenters. The van der Waals surface area contributed by atoms with Crippen molar-refractivity contribution in [3.63, 3.8) is 0 Å². The first-order valence-electron chi connectivity index (χ1n) is 32.8. The van der Waals surface area contributed by atoms with E-state index in [-0.39, 0.29) is 31.1 Å². The molecule has 0 saturated carbocycles. The van der Waals surface area contributed by atoms with Gasteiger partial charge in [0.05, 0.1) is 0 Å². The molecule has 0 aliphatic heterocycles. The number of allylic oxidation sites excluding steroid dienone is 10. The van der Waals surface area contributed by atoms with Gasteiger partial charge in [0.1, 0.15) is 13.2 Å². The Morgan fingerprint density at radius 1 is 0.267 bits per heavy atom. The number of hydrogen-bond donors (Lipinski definition) is 0. The highest BCUT2D eigenvalue weighted by Crippen LogP contribution is 2.17. The Balaban J connectivity index is 4.37. The number of carbonyl (C=O) groups is 3. The summed E-state index contributed by atoms with van der Waals surface area (Å²) in [5, 5.41) is 0. The lowest BCUT2D eigenvalue weighted by molar-refractivity contribution is -0.167. The van der Waals surface area contributed by atoms with E-state index in [1.165, 1.54) is 231 Å². The van der Waals surface area contributed by atoms with Crippen LogP contribution in [0.2, 0.25) is 0 Å². The molecule has 0 fully saturated rings. The van der Waals surface area contributed by atoms with E-state index in [0.29, 0.717) is 19.3 Å². The number of ether oxygens (including phenoxy) is 3. The van der Waals surface area contributed by atoms with E-state index in [0.717, 1.165) is 70.6 Å². The Hall–Kier alpha value is -2.89. The van der Waals surface area contributed by atoms with Gasteiger partial charge in [-0.05, 0) is 109 Å². The van der Waals surface area contributed by atoms with Crippen molar-refractivity contribution in [2.45, 2.75) is 348 Å². The summed E-state index contributed by atoms with van der Waals surface area (Å²) >= 11 is 0. The SMILES string of the molecule is CCCCC/C=C\C/C=C\CCCCCCCCCCCC(=O)OCC(COC(=O)CCCCCCCCCCC/C=C\C/C=C\CCCCC)OC(=O)CCCCCCCCCCC/C=C\CCCCCCCC. The third-order valence-electron chi connectivity index (χ3n) is 14.5. The minimum Gasteiger partial charge on any atom is -0.462 e. The Bertz CT molecular complexity index is 1270. The fourth-order valence-electron chi connectivity index (χ4n) is 9.50. The van der Waals surface area contributed by atoms with Gasteiger partial charge in [-0.2, -0.15) is 0 Å². The van der Waals surface area contributed by atoms with Crippen LogP contribution in [0.1, 0.15) is 342 Å². The molecule has 6 heteroatoms. The van der Waals surface area contributed by atoms with E-state index in [4.69, 9.17) is 14.2 Å². The molecule has 0 bridgehead atoms. The Kier molecular flexibility index (Phi) is 61.2. The number of unbranched alkanes of at least 4 members (excludes halogenated alkanes) is 39. The summed E-state index contributed by atoms with van der Waals surface area (Å²) < 4.78 is 17.0. The summed E-state index contributed by atoms with van der Waals surface area (Å²) in [4.78, 5) is 38.4. The van der Waals surface area contributed by atoms with Crippen molar-refractivity contribution in [3.8, 4) is 0 Å². The van der Waals surface area contributed by atoms with Gasteiger partial charge in [0.2, 0.25) is 0 Å². The van der Waals surface area contributed by atoms with Crippen LogP contribution in [0.15, 0.2) is 60.8 Å². The van der Waals surface area contributed by atoms with Crippen molar-refractivity contribution in [3.05, 3.63) is 60.8 Å². The van der Waals surface area contributed by atoms with Gasteiger partial charge in [-0.25, -0.2) is 0 Å². The molecule has 0 amide bonds. The van der Waals surface area contributed by atoms with Gasteiger partial charge in [0.15, 0.2) is 6.10 Å². The van der Waals surface area contributed by atoms with E-state index >= 15 is 0 Å². The summed E-state index contributed by atoms with van der Waals surface area (Å²) in [5.74, 6) is -0.868. The maximum atomic E-state index is 12.9. The monoisotopic (exact) mass is 1050 g/mol. The molecule has 0 aromatic carbocycles. The van der Waals surface area contributed by atoms with Crippen LogP contribution >= 0.6 is 0 Å². The molecular weight excluding hydrogens is 925 g/mol. The van der Waals surface area contributed by atoms with Crippen molar-refractivity contribution in [2.75, 3.05) is 13.2 Å². The molecule has 436 valence electrons. The second-order valence-corrected chi connectivity index (χ2v) is 22.0. The number of rotatable bonds is 60. The predicted octanol–water partition coefficient (Wildman–Crippen LogP) is 22.3. The number of carbonyl (C=O) groups excluding carboxylic acids is 3. The third-order valence-corrected chi connectivity index (χ3v) is 14.5. The first kappa shape index (κ1) is 72.1. The average molecular weight is 1050 g/mol. The molecule has 0 heterocycles. The fraction of sp³-hybridized carbons (Fsp3) is 0.812. The van der Waals surface area contributed by atoms with Gasteiger partial charge in [0.25, 0.3) is 0 Å². The Morgan fingerprint density at radius 3 is 0.773 bits per heavy atom. The second kappa shape index (κ2) is 63.6. The van der Waals surface area contributed by atoms with Crippen molar-refractivity contribution in [1.82, 2.24) is 0 Å². The average Bonchev–Trinajstić information content (AvgIpc) is 3.41. The molecule has 0 aliphatic rings. The summed E-state index contributed by atoms with van der Waals surface area (Å²) in [6, 6.07) is 0. The minimum absolute atomic E-state index is 0.0765. The van der Waals surface area contributed by atoms with Crippen molar-refractivity contribution >= 4 is 17.9 Å². The van der Waals surface area contributed by atoms with Gasteiger partial charge in [-0.15, -0.1) is 0 Å². The third kappa shape index (κ3) is 61.8. The van der Waals surface area contributed by atoms with Crippen molar-refractivity contribution in [2.24, 2.45) is 0 Å². The van der Waals surface area contributed by atoms with Gasteiger partial charge in [-0.1, -0.05) is 274 Å². The molecule has 0 atom stereocenters. The highest BCUT2D eigenvalue weighted by atomic mass is 16.6. The zero-order valence-corrected chi connectivity index (χ0v) is 50.1. The molecule has 0 radical (unpaired) electrons. The molecule has 0 aliphatic carbocycles. The Labute approximate surface area is 466 Å². The summed E-state index contributed by atoms with van der Waals surface area (Å²) in [6.45, 7) is 6.63. The molecule has 0 spiro atoms.